The molecule has 0 saturated heterocycles. The van der Waals surface area contributed by atoms with Gasteiger partial charge in [-0.1, -0.05) is 20.8 Å². The van der Waals surface area contributed by atoms with Crippen LogP contribution in [0.4, 0.5) is 5.82 Å². The molecule has 0 aromatic carbocycles. The van der Waals surface area contributed by atoms with Crippen molar-refractivity contribution >= 4 is 11.7 Å². The zero-order valence-corrected chi connectivity index (χ0v) is 12.6. The van der Waals surface area contributed by atoms with Crippen LogP contribution in [0, 0.1) is 5.41 Å². The van der Waals surface area contributed by atoms with Crippen LogP contribution < -0.4 is 11.1 Å². The van der Waals surface area contributed by atoms with Crippen LogP contribution >= 0.6 is 0 Å². The minimum absolute atomic E-state index is 0.0451. The maximum Gasteiger partial charge on any atom is 0.251 e. The fourth-order valence-corrected chi connectivity index (χ4v) is 2.70. The van der Waals surface area contributed by atoms with Gasteiger partial charge in [0.15, 0.2) is 0 Å². The average molecular weight is 277 g/mol. The largest absolute Gasteiger partial charge is 0.384 e. The quantitative estimate of drug-likeness (QED) is 0.879. The topological polar surface area (TPSA) is 77.2 Å². The van der Waals surface area contributed by atoms with Crippen LogP contribution in [0.3, 0.4) is 0 Å². The van der Waals surface area contributed by atoms with Gasteiger partial charge in [-0.25, -0.2) is 4.98 Å². The molecule has 2 rings (SSSR count). The first-order valence-electron chi connectivity index (χ1n) is 6.98. The number of methoxy groups -OCH3 is 1. The van der Waals surface area contributed by atoms with Crippen molar-refractivity contribution in [2.75, 3.05) is 12.8 Å². The number of anilines is 1. The Morgan fingerprint density at radius 3 is 2.80 bits per heavy atom. The highest BCUT2D eigenvalue weighted by atomic mass is 16.5. The Hall–Kier alpha value is -1.62. The zero-order chi connectivity index (χ0) is 14.9. The molecule has 0 radical (unpaired) electrons. The number of carbonyl (C=O) groups excluding carboxylic acids is 1. The summed E-state index contributed by atoms with van der Waals surface area (Å²) < 4.78 is 5.39. The molecule has 1 fully saturated rings. The van der Waals surface area contributed by atoms with E-state index in [9.17, 15) is 4.79 Å². The van der Waals surface area contributed by atoms with Gasteiger partial charge in [0, 0.05) is 29.8 Å². The van der Waals surface area contributed by atoms with E-state index in [1.165, 1.54) is 0 Å². The third-order valence-electron chi connectivity index (χ3n) is 4.29. The lowest BCUT2D eigenvalue weighted by atomic mass is 9.64. The van der Waals surface area contributed by atoms with E-state index >= 15 is 0 Å². The monoisotopic (exact) mass is 277 g/mol. The van der Waals surface area contributed by atoms with Crippen molar-refractivity contribution < 1.29 is 9.53 Å². The van der Waals surface area contributed by atoms with Gasteiger partial charge in [-0.3, -0.25) is 4.79 Å². The number of amides is 1. The van der Waals surface area contributed by atoms with Crippen LogP contribution in [0.2, 0.25) is 0 Å². The SMILES string of the molecule is CCc1cc(C(=O)NC2CC(OC)C2(C)C)cc(N)n1. The second kappa shape index (κ2) is 5.40. The molecule has 1 saturated carbocycles. The summed E-state index contributed by atoms with van der Waals surface area (Å²) in [5.74, 6) is 0.290. The number of rotatable bonds is 4. The second-order valence-corrected chi connectivity index (χ2v) is 5.93. The van der Waals surface area contributed by atoms with Crippen LogP contribution in [0.25, 0.3) is 0 Å². The van der Waals surface area contributed by atoms with Gasteiger partial charge in [-0.15, -0.1) is 0 Å². The molecule has 0 bridgehead atoms. The van der Waals surface area contributed by atoms with Crippen LogP contribution in [-0.2, 0) is 11.2 Å². The minimum Gasteiger partial charge on any atom is -0.384 e. The number of nitrogens with zero attached hydrogens (tertiary/aromatic N) is 1. The van der Waals surface area contributed by atoms with E-state index in [2.05, 4.69) is 24.1 Å². The molecule has 1 heterocycles. The molecule has 0 spiro atoms. The number of hydrogen-bond acceptors (Lipinski definition) is 4. The number of nitrogens with one attached hydrogen (secondary N) is 1. The summed E-state index contributed by atoms with van der Waals surface area (Å²) in [4.78, 5) is 16.5. The van der Waals surface area contributed by atoms with Gasteiger partial charge in [0.1, 0.15) is 5.82 Å². The Balaban J connectivity index is 2.08. The summed E-state index contributed by atoms with van der Waals surface area (Å²) in [7, 11) is 1.71. The molecular formula is C15H23N3O2. The Labute approximate surface area is 119 Å². The molecule has 5 nitrogen and oxygen atoms in total. The average Bonchev–Trinajstić information content (AvgIpc) is 2.41. The number of nitrogens with two attached hydrogens (primary N) is 1. The summed E-state index contributed by atoms with van der Waals surface area (Å²) in [5, 5.41) is 3.06. The fraction of sp³-hybridized carbons (Fsp3) is 0.600. The maximum absolute atomic E-state index is 12.3. The zero-order valence-electron chi connectivity index (χ0n) is 12.6. The fourth-order valence-electron chi connectivity index (χ4n) is 2.70. The molecule has 2 unspecified atom stereocenters. The van der Waals surface area contributed by atoms with E-state index in [4.69, 9.17) is 10.5 Å². The van der Waals surface area contributed by atoms with Crippen molar-refractivity contribution in [3.63, 3.8) is 0 Å². The van der Waals surface area contributed by atoms with E-state index in [1.807, 2.05) is 6.92 Å². The van der Waals surface area contributed by atoms with Crippen LogP contribution in [0.1, 0.15) is 43.2 Å². The van der Waals surface area contributed by atoms with Gasteiger partial charge in [0.05, 0.1) is 6.10 Å². The first kappa shape index (κ1) is 14.8. The third-order valence-corrected chi connectivity index (χ3v) is 4.29. The minimum atomic E-state index is -0.0959. The number of aryl methyl sites for hydroxylation is 1. The van der Waals surface area contributed by atoms with Gasteiger partial charge in [0.25, 0.3) is 5.91 Å². The molecule has 2 atom stereocenters. The lowest BCUT2D eigenvalue weighted by molar-refractivity contribution is -0.0942. The van der Waals surface area contributed by atoms with Gasteiger partial charge >= 0.3 is 0 Å². The molecule has 1 aliphatic carbocycles. The van der Waals surface area contributed by atoms with Crippen LogP contribution in [0.15, 0.2) is 12.1 Å². The standard InChI is InChI=1S/C15H23N3O2/c1-5-10-6-9(7-13(16)17-10)14(19)18-11-8-12(20-4)15(11,2)3/h6-7,11-12H,5,8H2,1-4H3,(H2,16,17)(H,18,19). The summed E-state index contributed by atoms with van der Waals surface area (Å²) in [6, 6.07) is 3.54. The molecule has 3 N–H and O–H groups in total. The molecule has 20 heavy (non-hydrogen) atoms. The third kappa shape index (κ3) is 2.63. The number of pyridine rings is 1. The Bertz CT molecular complexity index is 514. The molecule has 0 aliphatic heterocycles. The summed E-state index contributed by atoms with van der Waals surface area (Å²) >= 11 is 0. The van der Waals surface area contributed by atoms with Crippen molar-refractivity contribution in [1.82, 2.24) is 10.3 Å². The first-order valence-corrected chi connectivity index (χ1v) is 6.98. The van der Waals surface area contributed by atoms with Crippen molar-refractivity contribution in [2.45, 2.75) is 45.8 Å². The first-order chi connectivity index (χ1) is 9.38. The number of carbonyl (C=O) groups is 1. The number of hydrogen-bond donors (Lipinski definition) is 2. The molecule has 5 heteroatoms. The van der Waals surface area contributed by atoms with Gasteiger partial charge < -0.3 is 15.8 Å². The number of ether oxygens (including phenoxy) is 1. The van der Waals surface area contributed by atoms with E-state index in [0.29, 0.717) is 11.4 Å². The maximum atomic E-state index is 12.3. The highest BCUT2D eigenvalue weighted by Crippen LogP contribution is 2.42. The summed E-state index contributed by atoms with van der Waals surface area (Å²) in [6.45, 7) is 6.20. The van der Waals surface area contributed by atoms with Gasteiger partial charge in [-0.05, 0) is 25.0 Å². The van der Waals surface area contributed by atoms with Crippen molar-refractivity contribution in [3.8, 4) is 0 Å². The lowest BCUT2D eigenvalue weighted by Gasteiger charge is -2.51. The molecule has 1 amide bonds. The van der Waals surface area contributed by atoms with E-state index < -0.39 is 0 Å². The van der Waals surface area contributed by atoms with Crippen LogP contribution in [-0.4, -0.2) is 30.1 Å². The normalized spacial score (nSPS) is 24.0. The molecule has 110 valence electrons. The van der Waals surface area contributed by atoms with Crippen molar-refractivity contribution in [1.29, 1.82) is 0 Å². The Kier molecular flexibility index (Phi) is 3.99. The highest BCUT2D eigenvalue weighted by molar-refractivity contribution is 5.95. The smallest absolute Gasteiger partial charge is 0.251 e. The predicted molar refractivity (Wildman–Crippen MR) is 78.5 cm³/mol. The Morgan fingerprint density at radius 1 is 1.55 bits per heavy atom. The summed E-state index contributed by atoms with van der Waals surface area (Å²) in [5.41, 5.74) is 7.10. The Morgan fingerprint density at radius 2 is 2.25 bits per heavy atom. The predicted octanol–water partition coefficient (Wildman–Crippen LogP) is 1.77. The van der Waals surface area contributed by atoms with Crippen molar-refractivity contribution in [3.05, 3.63) is 23.4 Å². The highest BCUT2D eigenvalue weighted by Gasteiger charge is 2.49. The second-order valence-electron chi connectivity index (χ2n) is 5.93. The van der Waals surface area contributed by atoms with Crippen molar-refractivity contribution in [2.24, 2.45) is 5.41 Å². The number of aromatic nitrogens is 1. The molecule has 1 aliphatic rings. The summed E-state index contributed by atoms with van der Waals surface area (Å²) in [6.07, 6.45) is 1.80. The van der Waals surface area contributed by atoms with E-state index in [-0.39, 0.29) is 23.5 Å². The molecule has 1 aromatic rings. The lowest BCUT2D eigenvalue weighted by Crippen LogP contribution is -2.61. The molecular weight excluding hydrogens is 254 g/mol. The van der Waals surface area contributed by atoms with Gasteiger partial charge in [-0.2, -0.15) is 0 Å². The van der Waals surface area contributed by atoms with E-state index in [0.717, 1.165) is 18.5 Å². The van der Waals surface area contributed by atoms with Gasteiger partial charge in [0.2, 0.25) is 0 Å². The molecule has 1 aromatic heterocycles. The number of nitrogen functional groups attached to an aromatic ring is 1. The van der Waals surface area contributed by atoms with E-state index in [1.54, 1.807) is 19.2 Å². The van der Waals surface area contributed by atoms with Crippen LogP contribution in [0.5, 0.6) is 0 Å².